The van der Waals surface area contributed by atoms with E-state index in [0.717, 1.165) is 25.3 Å². The van der Waals surface area contributed by atoms with Gasteiger partial charge < -0.3 is 11.1 Å². The fourth-order valence-electron chi connectivity index (χ4n) is 2.99. The van der Waals surface area contributed by atoms with Crippen LogP contribution in [0.1, 0.15) is 31.2 Å². The summed E-state index contributed by atoms with van der Waals surface area (Å²) < 4.78 is 38.7. The van der Waals surface area contributed by atoms with E-state index in [1.807, 2.05) is 0 Å². The summed E-state index contributed by atoms with van der Waals surface area (Å²) in [5.74, 6) is 0.796. The number of anilines is 1. The molecule has 2 unspecified atom stereocenters. The van der Waals surface area contributed by atoms with Crippen LogP contribution in [0.2, 0.25) is 0 Å². The van der Waals surface area contributed by atoms with Crippen molar-refractivity contribution in [1.82, 2.24) is 0 Å². The Bertz CT molecular complexity index is 431. The molecule has 0 radical (unpaired) electrons. The highest BCUT2D eigenvalue weighted by atomic mass is 19.4. The van der Waals surface area contributed by atoms with E-state index in [-0.39, 0.29) is 5.69 Å². The van der Waals surface area contributed by atoms with E-state index < -0.39 is 11.7 Å². The monoisotopic (exact) mass is 286 g/mol. The highest BCUT2D eigenvalue weighted by Gasteiger charge is 2.33. The maximum Gasteiger partial charge on any atom is 0.418 e. The number of rotatable bonds is 4. The third-order valence-electron chi connectivity index (χ3n) is 4.16. The Hall–Kier alpha value is -1.23. The van der Waals surface area contributed by atoms with Gasteiger partial charge in [0, 0.05) is 12.2 Å². The molecule has 5 heteroatoms. The Morgan fingerprint density at radius 2 is 1.75 bits per heavy atom. The third kappa shape index (κ3) is 3.66. The van der Waals surface area contributed by atoms with Crippen molar-refractivity contribution in [2.45, 2.75) is 31.9 Å². The van der Waals surface area contributed by atoms with E-state index in [9.17, 15) is 13.2 Å². The van der Waals surface area contributed by atoms with Crippen molar-refractivity contribution in [3.63, 3.8) is 0 Å². The van der Waals surface area contributed by atoms with Gasteiger partial charge in [-0.1, -0.05) is 25.0 Å². The van der Waals surface area contributed by atoms with Crippen molar-refractivity contribution in [3.05, 3.63) is 29.8 Å². The largest absolute Gasteiger partial charge is 0.418 e. The zero-order valence-corrected chi connectivity index (χ0v) is 11.4. The summed E-state index contributed by atoms with van der Waals surface area (Å²) in [6.07, 6.45) is 0.136. The Balaban J connectivity index is 2.03. The Morgan fingerprint density at radius 1 is 1.10 bits per heavy atom. The fraction of sp³-hybridized carbons (Fsp3) is 0.600. The molecule has 0 heterocycles. The summed E-state index contributed by atoms with van der Waals surface area (Å²) in [5, 5.41) is 2.98. The minimum atomic E-state index is -4.32. The summed E-state index contributed by atoms with van der Waals surface area (Å²) in [4.78, 5) is 0. The lowest BCUT2D eigenvalue weighted by molar-refractivity contribution is -0.137. The lowest BCUT2D eigenvalue weighted by atomic mass is 9.79. The van der Waals surface area contributed by atoms with Crippen LogP contribution in [-0.2, 0) is 6.18 Å². The van der Waals surface area contributed by atoms with Gasteiger partial charge in [-0.25, -0.2) is 0 Å². The molecule has 0 spiro atoms. The Kier molecular flexibility index (Phi) is 4.91. The standard InChI is InChI=1S/C15H21F3N2/c16-15(17,18)13-7-3-4-8-14(13)20-10-12-6-2-1-5-11(12)9-19/h3-4,7-8,11-12,20H,1-2,5-6,9-10,19H2. The molecular formula is C15H21F3N2. The zero-order valence-electron chi connectivity index (χ0n) is 11.4. The smallest absolute Gasteiger partial charge is 0.384 e. The molecule has 1 aliphatic rings. The lowest BCUT2D eigenvalue weighted by Crippen LogP contribution is -2.31. The zero-order chi connectivity index (χ0) is 14.6. The number of para-hydroxylation sites is 1. The highest BCUT2D eigenvalue weighted by Crippen LogP contribution is 2.35. The molecule has 1 aromatic rings. The van der Waals surface area contributed by atoms with Gasteiger partial charge >= 0.3 is 6.18 Å². The average Bonchev–Trinajstić information content (AvgIpc) is 2.44. The van der Waals surface area contributed by atoms with Crippen molar-refractivity contribution in [3.8, 4) is 0 Å². The van der Waals surface area contributed by atoms with E-state index in [0.29, 0.717) is 24.9 Å². The minimum absolute atomic E-state index is 0.168. The Morgan fingerprint density at radius 3 is 2.40 bits per heavy atom. The fourth-order valence-corrected chi connectivity index (χ4v) is 2.99. The maximum absolute atomic E-state index is 12.9. The van der Waals surface area contributed by atoms with Gasteiger partial charge in [-0.15, -0.1) is 0 Å². The Labute approximate surface area is 117 Å². The summed E-state index contributed by atoms with van der Waals surface area (Å²) in [5.41, 5.74) is 5.32. The van der Waals surface area contributed by atoms with Crippen LogP contribution in [0.3, 0.4) is 0 Å². The maximum atomic E-state index is 12.9. The highest BCUT2D eigenvalue weighted by molar-refractivity contribution is 5.52. The molecule has 0 saturated heterocycles. The first-order valence-corrected chi connectivity index (χ1v) is 7.12. The normalized spacial score (nSPS) is 23.6. The van der Waals surface area contributed by atoms with Crippen molar-refractivity contribution >= 4 is 5.69 Å². The van der Waals surface area contributed by atoms with E-state index >= 15 is 0 Å². The van der Waals surface area contributed by atoms with Gasteiger partial charge in [-0.2, -0.15) is 13.2 Å². The van der Waals surface area contributed by atoms with Gasteiger partial charge in [0.2, 0.25) is 0 Å². The second kappa shape index (κ2) is 6.48. The number of benzene rings is 1. The second-order valence-electron chi connectivity index (χ2n) is 5.46. The van der Waals surface area contributed by atoms with Crippen LogP contribution in [0.25, 0.3) is 0 Å². The topological polar surface area (TPSA) is 38.0 Å². The van der Waals surface area contributed by atoms with Crippen LogP contribution in [0.4, 0.5) is 18.9 Å². The number of nitrogens with one attached hydrogen (secondary N) is 1. The van der Waals surface area contributed by atoms with Gasteiger partial charge in [-0.3, -0.25) is 0 Å². The molecule has 2 atom stereocenters. The second-order valence-corrected chi connectivity index (χ2v) is 5.46. The molecule has 3 N–H and O–H groups in total. The SMILES string of the molecule is NCC1CCCCC1CNc1ccccc1C(F)(F)F. The van der Waals surface area contributed by atoms with Crippen LogP contribution in [0, 0.1) is 11.8 Å². The molecule has 0 bridgehead atoms. The summed E-state index contributed by atoms with van der Waals surface area (Å²) in [7, 11) is 0. The van der Waals surface area contributed by atoms with Crippen molar-refractivity contribution in [2.75, 3.05) is 18.4 Å². The molecule has 1 aromatic carbocycles. The molecule has 0 amide bonds. The molecule has 112 valence electrons. The number of halogens is 3. The van der Waals surface area contributed by atoms with Gasteiger partial charge in [0.15, 0.2) is 0 Å². The van der Waals surface area contributed by atoms with Gasteiger partial charge in [0.1, 0.15) is 0 Å². The van der Waals surface area contributed by atoms with Crippen molar-refractivity contribution in [1.29, 1.82) is 0 Å². The van der Waals surface area contributed by atoms with E-state index in [2.05, 4.69) is 5.32 Å². The first kappa shape index (κ1) is 15.2. The van der Waals surface area contributed by atoms with Gasteiger partial charge in [0.05, 0.1) is 5.56 Å². The predicted octanol–water partition coefficient (Wildman–Crippen LogP) is 3.88. The molecule has 2 rings (SSSR count). The molecule has 1 saturated carbocycles. The van der Waals surface area contributed by atoms with Crippen LogP contribution in [0.5, 0.6) is 0 Å². The van der Waals surface area contributed by atoms with E-state index in [1.165, 1.54) is 18.6 Å². The van der Waals surface area contributed by atoms with Gasteiger partial charge in [0.25, 0.3) is 0 Å². The number of hydrogen-bond acceptors (Lipinski definition) is 2. The predicted molar refractivity (Wildman–Crippen MR) is 74.4 cm³/mol. The number of alkyl halides is 3. The number of hydrogen-bond donors (Lipinski definition) is 2. The van der Waals surface area contributed by atoms with Crippen LogP contribution >= 0.6 is 0 Å². The van der Waals surface area contributed by atoms with Crippen molar-refractivity contribution in [2.24, 2.45) is 17.6 Å². The average molecular weight is 286 g/mol. The van der Waals surface area contributed by atoms with Crippen molar-refractivity contribution < 1.29 is 13.2 Å². The first-order chi connectivity index (χ1) is 9.52. The minimum Gasteiger partial charge on any atom is -0.384 e. The van der Waals surface area contributed by atoms with Crippen LogP contribution in [0.15, 0.2) is 24.3 Å². The molecule has 1 fully saturated rings. The van der Waals surface area contributed by atoms with Crippen LogP contribution in [-0.4, -0.2) is 13.1 Å². The first-order valence-electron chi connectivity index (χ1n) is 7.12. The third-order valence-corrected chi connectivity index (χ3v) is 4.16. The quantitative estimate of drug-likeness (QED) is 0.881. The molecule has 0 aromatic heterocycles. The van der Waals surface area contributed by atoms with E-state index in [4.69, 9.17) is 5.73 Å². The molecule has 1 aliphatic carbocycles. The summed E-state index contributed by atoms with van der Waals surface area (Å²) in [6, 6.07) is 5.64. The molecule has 2 nitrogen and oxygen atoms in total. The number of nitrogens with two attached hydrogens (primary N) is 1. The summed E-state index contributed by atoms with van der Waals surface area (Å²) in [6.45, 7) is 1.18. The van der Waals surface area contributed by atoms with E-state index in [1.54, 1.807) is 6.07 Å². The molecular weight excluding hydrogens is 265 g/mol. The molecule has 20 heavy (non-hydrogen) atoms. The lowest BCUT2D eigenvalue weighted by Gasteiger charge is -2.31. The summed E-state index contributed by atoms with van der Waals surface area (Å²) >= 11 is 0. The van der Waals surface area contributed by atoms with Crippen LogP contribution < -0.4 is 11.1 Å². The molecule has 0 aliphatic heterocycles. The van der Waals surface area contributed by atoms with Gasteiger partial charge in [-0.05, 0) is 43.4 Å².